The lowest BCUT2D eigenvalue weighted by atomic mass is 9.90. The lowest BCUT2D eigenvalue weighted by molar-refractivity contribution is -0.132. The van der Waals surface area contributed by atoms with Crippen LogP contribution in [0.25, 0.3) is 11.1 Å². The van der Waals surface area contributed by atoms with E-state index >= 15 is 0 Å². The number of nitrogens with one attached hydrogen (secondary N) is 2. The Morgan fingerprint density at radius 1 is 1.21 bits per heavy atom. The molecule has 244 valence electrons. The molecule has 1 aliphatic carbocycles. The van der Waals surface area contributed by atoms with Crippen LogP contribution in [0.3, 0.4) is 0 Å². The molecule has 4 aromatic rings. The third kappa shape index (κ3) is 6.41. The third-order valence-corrected chi connectivity index (χ3v) is 8.59. The summed E-state index contributed by atoms with van der Waals surface area (Å²) in [5.74, 6) is -0.565. The van der Waals surface area contributed by atoms with Crippen LogP contribution in [0.5, 0.6) is 5.75 Å². The number of pyridine rings is 3. The van der Waals surface area contributed by atoms with E-state index in [1.807, 2.05) is 13.0 Å². The molecule has 0 radical (unpaired) electrons. The van der Waals surface area contributed by atoms with Gasteiger partial charge in [-0.3, -0.25) is 29.9 Å². The zero-order valence-electron chi connectivity index (χ0n) is 26.5. The van der Waals surface area contributed by atoms with Crippen molar-refractivity contribution in [2.75, 3.05) is 10.2 Å². The van der Waals surface area contributed by atoms with Crippen molar-refractivity contribution < 1.29 is 18.7 Å². The van der Waals surface area contributed by atoms with Crippen LogP contribution >= 0.6 is 11.6 Å². The maximum atomic E-state index is 13.6. The van der Waals surface area contributed by atoms with Crippen molar-refractivity contribution in [2.24, 2.45) is 11.7 Å². The summed E-state index contributed by atoms with van der Waals surface area (Å²) in [7, 11) is 0. The molecule has 1 fully saturated rings. The number of carbonyl (C=O) groups is 2. The van der Waals surface area contributed by atoms with Crippen LogP contribution in [-0.2, 0) is 17.8 Å². The Morgan fingerprint density at radius 3 is 2.58 bits per heavy atom. The van der Waals surface area contributed by atoms with Crippen LogP contribution < -0.4 is 20.7 Å². The summed E-state index contributed by atoms with van der Waals surface area (Å²) in [6.45, 7) is 5.25. The fourth-order valence-electron chi connectivity index (χ4n) is 5.80. The van der Waals surface area contributed by atoms with Crippen LogP contribution in [0.15, 0.2) is 54.9 Å². The number of ether oxygens (including phenoxy) is 1. The van der Waals surface area contributed by atoms with Gasteiger partial charge in [-0.2, -0.15) is 5.26 Å². The topological polar surface area (TPSA) is 171 Å². The first-order chi connectivity index (χ1) is 22.9. The lowest BCUT2D eigenvalue weighted by Crippen LogP contribution is -2.52. The van der Waals surface area contributed by atoms with E-state index in [1.54, 1.807) is 55.1 Å². The van der Waals surface area contributed by atoms with E-state index in [0.29, 0.717) is 57.5 Å². The number of anilines is 2. The van der Waals surface area contributed by atoms with Gasteiger partial charge in [0.2, 0.25) is 0 Å². The van der Waals surface area contributed by atoms with Gasteiger partial charge in [0.15, 0.2) is 5.60 Å². The molecule has 2 aliphatic rings. The monoisotopic (exact) mass is 666 g/mol. The minimum absolute atomic E-state index is 0.123. The summed E-state index contributed by atoms with van der Waals surface area (Å²) in [4.78, 5) is 41.7. The number of rotatable bonds is 10. The number of nitrogens with two attached hydrogens (primary N) is 1. The smallest absolute Gasteiger partial charge is 0.271 e. The molecule has 1 atom stereocenters. The largest absolute Gasteiger partial charge is 0.476 e. The second kappa shape index (κ2) is 12.7. The van der Waals surface area contributed by atoms with Gasteiger partial charge in [0, 0.05) is 11.8 Å². The molecular weight excluding hydrogens is 635 g/mol. The molecule has 1 unspecified atom stereocenters. The average molecular weight is 667 g/mol. The van der Waals surface area contributed by atoms with E-state index < -0.39 is 23.4 Å². The number of carbonyl (C=O) groups excluding carboxylic acids is 2. The molecular formula is C35H32ClFN8O3. The number of primary amides is 1. The van der Waals surface area contributed by atoms with E-state index in [2.05, 4.69) is 15.3 Å². The Balaban J connectivity index is 1.50. The molecule has 6 rings (SSSR count). The summed E-state index contributed by atoms with van der Waals surface area (Å²) in [6.07, 6.45) is 5.03. The summed E-state index contributed by atoms with van der Waals surface area (Å²) in [6, 6.07) is 12.9. The van der Waals surface area contributed by atoms with E-state index in [-0.39, 0.29) is 34.6 Å². The number of fused-ring (bicyclic) bond motifs is 1. The second-order valence-corrected chi connectivity index (χ2v) is 12.8. The highest BCUT2D eigenvalue weighted by atomic mass is 35.5. The average Bonchev–Trinajstić information content (AvgIpc) is 3.86. The first-order valence-corrected chi connectivity index (χ1v) is 15.7. The van der Waals surface area contributed by atoms with Crippen molar-refractivity contribution in [3.05, 3.63) is 94.4 Å². The third-order valence-electron chi connectivity index (χ3n) is 8.40. The quantitative estimate of drug-likeness (QED) is 0.172. The van der Waals surface area contributed by atoms with Crippen molar-refractivity contribution in [1.82, 2.24) is 15.0 Å². The highest BCUT2D eigenvalue weighted by Crippen LogP contribution is 2.45. The fraction of sp³-hybridized carbons (Fsp3) is 0.286. The first-order valence-electron chi connectivity index (χ1n) is 15.4. The number of halogens is 2. The minimum Gasteiger partial charge on any atom is -0.476 e. The van der Waals surface area contributed by atoms with Gasteiger partial charge in [0.05, 0.1) is 58.2 Å². The number of aromatic nitrogens is 3. The first kappa shape index (κ1) is 32.5. The summed E-state index contributed by atoms with van der Waals surface area (Å²) in [5, 5.41) is 20.7. The number of nitrogens with zero attached hydrogens (tertiary/aromatic N) is 5. The predicted octanol–water partition coefficient (Wildman–Crippen LogP) is 6.04. The summed E-state index contributed by atoms with van der Waals surface area (Å²) >= 11 is 6.48. The molecule has 0 bridgehead atoms. The van der Waals surface area contributed by atoms with Gasteiger partial charge in [-0.15, -0.1) is 0 Å². The van der Waals surface area contributed by atoms with Crippen molar-refractivity contribution in [3.8, 4) is 22.9 Å². The van der Waals surface area contributed by atoms with Crippen LogP contribution in [0, 0.1) is 28.5 Å². The van der Waals surface area contributed by atoms with Crippen molar-refractivity contribution in [2.45, 2.75) is 58.2 Å². The van der Waals surface area contributed by atoms with Gasteiger partial charge in [0.1, 0.15) is 28.6 Å². The molecule has 48 heavy (non-hydrogen) atoms. The second-order valence-electron chi connectivity index (χ2n) is 12.5. The van der Waals surface area contributed by atoms with E-state index in [0.717, 1.165) is 19.0 Å². The van der Waals surface area contributed by atoms with Gasteiger partial charge in [0.25, 0.3) is 11.8 Å². The minimum atomic E-state index is -1.26. The SMILES string of the molecule is CC(Nc1nc(CC2CC2)c(C(N)=O)c(-c2ccc3c(c2)OC(C)(C)C(=O)N3Cc2ccc(C#N)cn2)c1C(=N)Cl)c1ccc(F)cn1. The molecule has 0 saturated heterocycles. The Morgan fingerprint density at radius 2 is 1.98 bits per heavy atom. The van der Waals surface area contributed by atoms with Gasteiger partial charge in [-0.25, -0.2) is 9.37 Å². The highest BCUT2D eigenvalue weighted by molar-refractivity contribution is 6.69. The number of amides is 2. The molecule has 2 amide bonds. The zero-order chi connectivity index (χ0) is 34.3. The summed E-state index contributed by atoms with van der Waals surface area (Å²) < 4.78 is 19.8. The van der Waals surface area contributed by atoms with Crippen LogP contribution in [-0.4, -0.2) is 37.5 Å². The Labute approximate surface area is 281 Å². The fourth-order valence-corrected chi connectivity index (χ4v) is 5.99. The van der Waals surface area contributed by atoms with Crippen LogP contribution in [0.4, 0.5) is 15.9 Å². The van der Waals surface area contributed by atoms with Crippen molar-refractivity contribution >= 4 is 40.1 Å². The number of nitriles is 1. The number of benzene rings is 1. The molecule has 1 saturated carbocycles. The maximum absolute atomic E-state index is 13.6. The normalized spacial score (nSPS) is 15.6. The highest BCUT2D eigenvalue weighted by Gasteiger charge is 2.41. The molecule has 4 heterocycles. The van der Waals surface area contributed by atoms with Crippen molar-refractivity contribution in [3.63, 3.8) is 0 Å². The lowest BCUT2D eigenvalue weighted by Gasteiger charge is -2.39. The Kier molecular flexibility index (Phi) is 8.57. The number of hydrogen-bond acceptors (Lipinski definition) is 9. The van der Waals surface area contributed by atoms with Crippen molar-refractivity contribution in [1.29, 1.82) is 10.7 Å². The predicted molar refractivity (Wildman–Crippen MR) is 178 cm³/mol. The molecule has 1 aliphatic heterocycles. The van der Waals surface area contributed by atoms with E-state index in [4.69, 9.17) is 37.7 Å². The molecule has 1 aromatic carbocycles. The van der Waals surface area contributed by atoms with Gasteiger partial charge < -0.3 is 15.8 Å². The Hall–Kier alpha value is -5.41. The zero-order valence-corrected chi connectivity index (χ0v) is 27.2. The van der Waals surface area contributed by atoms with Gasteiger partial charge in [-0.05, 0) is 87.9 Å². The molecule has 3 aromatic heterocycles. The van der Waals surface area contributed by atoms with Crippen LogP contribution in [0.1, 0.15) is 78.2 Å². The molecule has 0 spiro atoms. The van der Waals surface area contributed by atoms with Crippen LogP contribution in [0.2, 0.25) is 0 Å². The molecule has 13 heteroatoms. The van der Waals surface area contributed by atoms with Gasteiger partial charge in [-0.1, -0.05) is 17.7 Å². The maximum Gasteiger partial charge on any atom is 0.271 e. The molecule has 11 nitrogen and oxygen atoms in total. The molecule has 4 N–H and O–H groups in total. The van der Waals surface area contributed by atoms with E-state index in [1.165, 1.54) is 12.3 Å². The Bertz CT molecular complexity index is 1990. The standard InChI is InChI=1S/C35H32ClFN8O3/c1-18(24-10-8-22(37)16-42-24)43-33-30(31(36)39)28(29(32(40)46)25(44-33)12-19-4-5-19)21-7-11-26-27(13-21)48-35(2,3)34(47)45(26)17-23-9-6-20(14-38)15-41-23/h6-11,13,15-16,18-19,39H,4-5,12,17H2,1-3H3,(H2,40,46)(H,43,44). The summed E-state index contributed by atoms with van der Waals surface area (Å²) in [5.41, 5.74) is 8.27. The number of hydrogen-bond donors (Lipinski definition) is 3. The van der Waals surface area contributed by atoms with Gasteiger partial charge >= 0.3 is 0 Å². The van der Waals surface area contributed by atoms with E-state index in [9.17, 15) is 14.0 Å².